The summed E-state index contributed by atoms with van der Waals surface area (Å²) in [7, 11) is -3.98. The van der Waals surface area contributed by atoms with Crippen LogP contribution in [0.15, 0.2) is 33.7 Å². The fraction of sp³-hybridized carbons (Fsp3) is 0.421. The molecule has 1 aromatic heterocycles. The second-order valence-corrected chi connectivity index (χ2v) is 8.28. The summed E-state index contributed by atoms with van der Waals surface area (Å²) < 4.78 is 36.3. The van der Waals surface area contributed by atoms with Crippen LogP contribution >= 0.6 is 0 Å². The number of ether oxygens (including phenoxy) is 1. The molecule has 0 saturated carbocycles. The molecule has 158 valence electrons. The molecule has 0 fully saturated rings. The smallest absolute Gasteiger partial charge is 0.321 e. The lowest BCUT2D eigenvalue weighted by atomic mass is 10.0. The minimum atomic E-state index is -3.98. The summed E-state index contributed by atoms with van der Waals surface area (Å²) >= 11 is 0. The highest BCUT2D eigenvalue weighted by Gasteiger charge is 2.25. The largest absolute Gasteiger partial charge is 0.455 e. The van der Waals surface area contributed by atoms with Crippen molar-refractivity contribution in [3.05, 3.63) is 46.8 Å². The first-order valence-electron chi connectivity index (χ1n) is 9.08. The number of amides is 1. The Morgan fingerprint density at radius 3 is 2.38 bits per heavy atom. The Bertz CT molecular complexity index is 947. The number of carbonyl (C=O) groups is 2. The maximum atomic E-state index is 12.2. The number of rotatable bonds is 9. The average molecular weight is 423 g/mol. The molecular weight excluding hydrogens is 398 g/mol. The number of hydrogen-bond donors (Lipinski definition) is 2. The van der Waals surface area contributed by atoms with Crippen LogP contribution in [0.3, 0.4) is 0 Å². The van der Waals surface area contributed by atoms with E-state index < -0.39 is 35.1 Å². The first-order chi connectivity index (χ1) is 13.6. The van der Waals surface area contributed by atoms with E-state index in [1.807, 2.05) is 38.1 Å². The molecule has 0 aliphatic rings. The molecule has 0 aliphatic heterocycles. The van der Waals surface area contributed by atoms with Crippen LogP contribution in [0.1, 0.15) is 42.0 Å². The zero-order chi connectivity index (χ0) is 21.6. The van der Waals surface area contributed by atoms with Gasteiger partial charge in [0, 0.05) is 0 Å². The highest BCUT2D eigenvalue weighted by atomic mass is 32.2. The number of hydrogen-bond acceptors (Lipinski definition) is 7. The number of esters is 1. The van der Waals surface area contributed by atoms with Crippen LogP contribution in [0.5, 0.6) is 0 Å². The van der Waals surface area contributed by atoms with E-state index in [2.05, 4.69) is 15.2 Å². The zero-order valence-corrected chi connectivity index (χ0v) is 17.6. The number of nitrogens with one attached hydrogen (secondary N) is 2. The van der Waals surface area contributed by atoms with Gasteiger partial charge in [-0.2, -0.15) is 4.72 Å². The summed E-state index contributed by atoms with van der Waals surface area (Å²) in [6.45, 7) is 5.72. The summed E-state index contributed by atoms with van der Waals surface area (Å²) in [6.07, 6.45) is 0.667. The molecule has 0 aliphatic carbocycles. The van der Waals surface area contributed by atoms with Gasteiger partial charge in [-0.1, -0.05) is 41.9 Å². The molecule has 2 N–H and O–H groups in total. The summed E-state index contributed by atoms with van der Waals surface area (Å²) in [5, 5.41) is 6.36. The standard InChI is InChI=1S/C19H25N3O6S/c1-5-16(15-8-6-12(2)7-9-15)21-17(23)11-27-18(24)10-20-29(25,26)19-13(3)22-28-14(19)4/h6-9,16,20H,5,10-11H2,1-4H3,(H,21,23)/t16-/m1/s1. The first kappa shape index (κ1) is 22.6. The van der Waals surface area contributed by atoms with Gasteiger partial charge >= 0.3 is 5.97 Å². The van der Waals surface area contributed by atoms with Gasteiger partial charge in [-0.05, 0) is 32.8 Å². The van der Waals surface area contributed by atoms with E-state index in [9.17, 15) is 18.0 Å². The van der Waals surface area contributed by atoms with Gasteiger partial charge in [0.15, 0.2) is 12.4 Å². The molecule has 0 radical (unpaired) electrons. The van der Waals surface area contributed by atoms with Gasteiger partial charge in [0.05, 0.1) is 6.04 Å². The predicted octanol–water partition coefficient (Wildman–Crippen LogP) is 1.69. The van der Waals surface area contributed by atoms with Gasteiger partial charge in [-0.15, -0.1) is 0 Å². The number of aromatic nitrogens is 1. The molecule has 29 heavy (non-hydrogen) atoms. The maximum absolute atomic E-state index is 12.2. The Balaban J connectivity index is 1.84. The molecule has 0 saturated heterocycles. The van der Waals surface area contributed by atoms with Crippen LogP contribution in [0.25, 0.3) is 0 Å². The normalized spacial score (nSPS) is 12.4. The van der Waals surface area contributed by atoms with Crippen molar-refractivity contribution in [3.63, 3.8) is 0 Å². The second-order valence-electron chi connectivity index (χ2n) is 6.58. The molecule has 2 aromatic rings. The molecule has 0 bridgehead atoms. The number of carbonyl (C=O) groups excluding carboxylic acids is 2. The van der Waals surface area contributed by atoms with Crippen LogP contribution in [-0.2, 0) is 24.3 Å². The van der Waals surface area contributed by atoms with Crippen molar-refractivity contribution < 1.29 is 27.3 Å². The Kier molecular flexibility index (Phi) is 7.52. The molecule has 1 atom stereocenters. The predicted molar refractivity (Wildman–Crippen MR) is 104 cm³/mol. The van der Waals surface area contributed by atoms with E-state index in [4.69, 9.17) is 9.26 Å². The van der Waals surface area contributed by atoms with Crippen molar-refractivity contribution in [3.8, 4) is 0 Å². The summed E-state index contributed by atoms with van der Waals surface area (Å²) in [5.41, 5.74) is 2.25. The first-order valence-corrected chi connectivity index (χ1v) is 10.6. The van der Waals surface area contributed by atoms with Crippen LogP contribution in [0.4, 0.5) is 0 Å². The highest BCUT2D eigenvalue weighted by molar-refractivity contribution is 7.89. The Morgan fingerprint density at radius 2 is 1.83 bits per heavy atom. The lowest BCUT2D eigenvalue weighted by Gasteiger charge is -2.17. The highest BCUT2D eigenvalue weighted by Crippen LogP contribution is 2.18. The lowest BCUT2D eigenvalue weighted by Crippen LogP contribution is -2.35. The molecule has 2 rings (SSSR count). The zero-order valence-electron chi connectivity index (χ0n) is 16.8. The van der Waals surface area contributed by atoms with E-state index in [-0.39, 0.29) is 22.4 Å². The number of nitrogens with zero attached hydrogens (tertiary/aromatic N) is 1. The third-order valence-corrected chi connectivity index (χ3v) is 5.88. The van der Waals surface area contributed by atoms with E-state index in [0.29, 0.717) is 6.42 Å². The summed E-state index contributed by atoms with van der Waals surface area (Å²) in [5.74, 6) is -1.23. The molecular formula is C19H25N3O6S. The topological polar surface area (TPSA) is 128 Å². The second kappa shape index (κ2) is 9.66. The lowest BCUT2D eigenvalue weighted by molar-refractivity contribution is -0.147. The molecule has 0 unspecified atom stereocenters. The molecule has 0 spiro atoms. The minimum absolute atomic E-state index is 0.115. The summed E-state index contributed by atoms with van der Waals surface area (Å²) in [6, 6.07) is 7.56. The number of sulfonamides is 1. The van der Waals surface area contributed by atoms with Gasteiger partial charge in [0.25, 0.3) is 5.91 Å². The van der Waals surface area contributed by atoms with Crippen molar-refractivity contribution in [2.45, 2.75) is 45.1 Å². The van der Waals surface area contributed by atoms with Crippen molar-refractivity contribution in [2.75, 3.05) is 13.2 Å². The van der Waals surface area contributed by atoms with Crippen molar-refractivity contribution >= 4 is 21.9 Å². The third kappa shape index (κ3) is 6.13. The number of benzene rings is 1. The SMILES string of the molecule is CC[C@@H](NC(=O)COC(=O)CNS(=O)(=O)c1c(C)noc1C)c1ccc(C)cc1. The third-order valence-electron chi connectivity index (χ3n) is 4.23. The Labute approximate surface area is 169 Å². The average Bonchev–Trinajstić information content (AvgIpc) is 3.02. The molecule has 1 heterocycles. The van der Waals surface area contributed by atoms with Crippen LogP contribution < -0.4 is 10.0 Å². The minimum Gasteiger partial charge on any atom is -0.455 e. The molecule has 10 heteroatoms. The fourth-order valence-corrected chi connectivity index (χ4v) is 4.03. The molecule has 9 nitrogen and oxygen atoms in total. The van der Waals surface area contributed by atoms with Crippen molar-refractivity contribution in [1.82, 2.24) is 15.2 Å². The van der Waals surface area contributed by atoms with Gasteiger partial charge < -0.3 is 14.6 Å². The summed E-state index contributed by atoms with van der Waals surface area (Å²) in [4.78, 5) is 23.8. The van der Waals surface area contributed by atoms with Crippen molar-refractivity contribution in [1.29, 1.82) is 0 Å². The van der Waals surface area contributed by atoms with Crippen LogP contribution in [0.2, 0.25) is 0 Å². The Hall–Kier alpha value is -2.72. The maximum Gasteiger partial charge on any atom is 0.321 e. The van der Waals surface area contributed by atoms with Gasteiger partial charge in [0.1, 0.15) is 17.1 Å². The van der Waals surface area contributed by atoms with Gasteiger partial charge in [0.2, 0.25) is 10.0 Å². The monoisotopic (exact) mass is 423 g/mol. The van der Waals surface area contributed by atoms with E-state index in [1.54, 1.807) is 0 Å². The Morgan fingerprint density at radius 1 is 1.17 bits per heavy atom. The van der Waals surface area contributed by atoms with Crippen LogP contribution in [0, 0.1) is 20.8 Å². The van der Waals surface area contributed by atoms with Crippen molar-refractivity contribution in [2.24, 2.45) is 0 Å². The van der Waals surface area contributed by atoms with E-state index in [1.165, 1.54) is 13.8 Å². The quantitative estimate of drug-likeness (QED) is 0.587. The molecule has 1 aromatic carbocycles. The van der Waals surface area contributed by atoms with Gasteiger partial charge in [-0.25, -0.2) is 8.42 Å². The van der Waals surface area contributed by atoms with Crippen LogP contribution in [-0.4, -0.2) is 38.6 Å². The fourth-order valence-electron chi connectivity index (χ4n) is 2.74. The van der Waals surface area contributed by atoms with E-state index in [0.717, 1.165) is 11.1 Å². The van der Waals surface area contributed by atoms with E-state index >= 15 is 0 Å². The molecule has 1 amide bonds. The van der Waals surface area contributed by atoms with Gasteiger partial charge in [-0.3, -0.25) is 9.59 Å². The number of aryl methyl sites for hydroxylation is 3.